The highest BCUT2D eigenvalue weighted by molar-refractivity contribution is 7.13. The smallest absolute Gasteiger partial charge is 0.246 e. The Kier molecular flexibility index (Phi) is 5.46. The maximum absolute atomic E-state index is 12.7. The van der Waals surface area contributed by atoms with Gasteiger partial charge in [0.05, 0.1) is 29.5 Å². The van der Waals surface area contributed by atoms with Gasteiger partial charge in [-0.25, -0.2) is 9.67 Å². The van der Waals surface area contributed by atoms with Crippen LogP contribution in [0.5, 0.6) is 0 Å². The zero-order chi connectivity index (χ0) is 22.1. The fourth-order valence-corrected chi connectivity index (χ4v) is 4.54. The van der Waals surface area contributed by atoms with Gasteiger partial charge in [-0.1, -0.05) is 29.8 Å². The average Bonchev–Trinajstić information content (AvgIpc) is 3.52. The number of nitrogens with zero attached hydrogens (tertiary/aromatic N) is 5. The summed E-state index contributed by atoms with van der Waals surface area (Å²) in [6.45, 7) is 2.59. The summed E-state index contributed by atoms with van der Waals surface area (Å²) in [7, 11) is 0. The summed E-state index contributed by atoms with van der Waals surface area (Å²) in [6, 6.07) is 13.7. The predicted octanol–water partition coefficient (Wildman–Crippen LogP) is 5.01. The van der Waals surface area contributed by atoms with Crippen LogP contribution in [-0.4, -0.2) is 30.5 Å². The lowest BCUT2D eigenvalue weighted by Crippen LogP contribution is -2.19. The summed E-state index contributed by atoms with van der Waals surface area (Å²) in [6.07, 6.45) is 5.19. The number of rotatable bonds is 6. The number of nitrogens with one attached hydrogen (secondary N) is 1. The van der Waals surface area contributed by atoms with E-state index in [1.165, 1.54) is 0 Å². The van der Waals surface area contributed by atoms with E-state index in [-0.39, 0.29) is 12.5 Å². The van der Waals surface area contributed by atoms with E-state index < -0.39 is 0 Å². The number of thiophene rings is 1. The Morgan fingerprint density at radius 2 is 2.03 bits per heavy atom. The van der Waals surface area contributed by atoms with Crippen molar-refractivity contribution in [1.82, 2.24) is 24.5 Å². The van der Waals surface area contributed by atoms with Gasteiger partial charge in [0.15, 0.2) is 5.65 Å². The molecule has 7 nitrogen and oxygen atoms in total. The molecule has 0 bridgehead atoms. The first kappa shape index (κ1) is 20.4. The van der Waals surface area contributed by atoms with E-state index in [0.29, 0.717) is 22.9 Å². The van der Waals surface area contributed by atoms with Crippen LogP contribution in [0.2, 0.25) is 5.02 Å². The van der Waals surface area contributed by atoms with Gasteiger partial charge >= 0.3 is 0 Å². The Labute approximate surface area is 193 Å². The first-order valence-corrected chi connectivity index (χ1v) is 11.3. The van der Waals surface area contributed by atoms with Crippen LogP contribution in [0, 0.1) is 6.92 Å². The minimum atomic E-state index is -0.191. The average molecular weight is 463 g/mol. The molecule has 0 atom stereocenters. The van der Waals surface area contributed by atoms with Crippen molar-refractivity contribution in [3.8, 4) is 10.4 Å². The van der Waals surface area contributed by atoms with Gasteiger partial charge in [-0.2, -0.15) is 10.2 Å². The van der Waals surface area contributed by atoms with E-state index in [9.17, 15) is 4.79 Å². The topological polar surface area (TPSA) is 77.6 Å². The lowest BCUT2D eigenvalue weighted by atomic mass is 10.1. The quantitative estimate of drug-likeness (QED) is 0.385. The van der Waals surface area contributed by atoms with Crippen molar-refractivity contribution in [2.45, 2.75) is 20.0 Å². The molecule has 4 heterocycles. The maximum atomic E-state index is 12.7. The number of amides is 1. The number of aromatic nitrogens is 5. The van der Waals surface area contributed by atoms with E-state index >= 15 is 0 Å². The molecule has 5 rings (SSSR count). The zero-order valence-electron chi connectivity index (χ0n) is 17.2. The van der Waals surface area contributed by atoms with Crippen LogP contribution >= 0.6 is 22.9 Å². The molecular formula is C23H19ClN6OS. The Morgan fingerprint density at radius 1 is 1.19 bits per heavy atom. The number of pyridine rings is 1. The lowest BCUT2D eigenvalue weighted by Gasteiger charge is -2.05. The summed E-state index contributed by atoms with van der Waals surface area (Å²) < 4.78 is 3.41. The van der Waals surface area contributed by atoms with Gasteiger partial charge in [-0.3, -0.25) is 9.48 Å². The van der Waals surface area contributed by atoms with Gasteiger partial charge in [0.1, 0.15) is 6.54 Å². The summed E-state index contributed by atoms with van der Waals surface area (Å²) in [4.78, 5) is 18.3. The van der Waals surface area contributed by atoms with E-state index in [2.05, 4.69) is 26.6 Å². The molecule has 0 aliphatic rings. The molecule has 0 fully saturated rings. The van der Waals surface area contributed by atoms with Crippen molar-refractivity contribution < 1.29 is 4.79 Å². The molecule has 0 aliphatic carbocycles. The second-order valence-corrected chi connectivity index (χ2v) is 8.76. The summed E-state index contributed by atoms with van der Waals surface area (Å²) in [5.74, 6) is -0.191. The third-order valence-corrected chi connectivity index (χ3v) is 6.22. The molecule has 0 aliphatic heterocycles. The van der Waals surface area contributed by atoms with Crippen LogP contribution in [0.1, 0.15) is 11.3 Å². The molecule has 0 radical (unpaired) electrons. The third-order valence-electron chi connectivity index (χ3n) is 5.06. The van der Waals surface area contributed by atoms with Crippen LogP contribution in [0.25, 0.3) is 21.5 Å². The largest absolute Gasteiger partial charge is 0.322 e. The number of anilines is 1. The van der Waals surface area contributed by atoms with Gasteiger partial charge in [0.2, 0.25) is 5.91 Å². The molecule has 0 saturated carbocycles. The standard InChI is InChI=1S/C23H19ClN6OS/c1-15-22-19(20-3-2-10-32-20)8-9-25-23(22)30(28-15)14-21(31)27-18-11-26-29(13-18)12-16-4-6-17(24)7-5-16/h2-11,13H,12,14H2,1H3,(H,27,31). The van der Waals surface area contributed by atoms with Crippen molar-refractivity contribution in [3.05, 3.63) is 82.7 Å². The van der Waals surface area contributed by atoms with E-state index in [4.69, 9.17) is 11.6 Å². The van der Waals surface area contributed by atoms with Crippen molar-refractivity contribution in [3.63, 3.8) is 0 Å². The molecule has 0 spiro atoms. The second-order valence-electron chi connectivity index (χ2n) is 7.38. The fourth-order valence-electron chi connectivity index (χ4n) is 3.66. The Bertz CT molecular complexity index is 1390. The molecule has 1 N–H and O–H groups in total. The van der Waals surface area contributed by atoms with Crippen LogP contribution in [0.3, 0.4) is 0 Å². The molecular weight excluding hydrogens is 444 g/mol. The number of hydrogen-bond acceptors (Lipinski definition) is 5. The highest BCUT2D eigenvalue weighted by Gasteiger charge is 2.16. The van der Waals surface area contributed by atoms with Crippen molar-refractivity contribution >= 4 is 45.6 Å². The normalized spacial score (nSPS) is 11.2. The number of fused-ring (bicyclic) bond motifs is 1. The van der Waals surface area contributed by atoms with Crippen molar-refractivity contribution in [2.24, 2.45) is 0 Å². The maximum Gasteiger partial charge on any atom is 0.246 e. The predicted molar refractivity (Wildman–Crippen MR) is 127 cm³/mol. The highest BCUT2D eigenvalue weighted by Crippen LogP contribution is 2.32. The number of halogens is 1. The monoisotopic (exact) mass is 462 g/mol. The minimum Gasteiger partial charge on any atom is -0.322 e. The number of benzene rings is 1. The fraction of sp³-hybridized carbons (Fsp3) is 0.130. The van der Waals surface area contributed by atoms with Crippen LogP contribution in [-0.2, 0) is 17.9 Å². The van der Waals surface area contributed by atoms with Crippen LogP contribution in [0.4, 0.5) is 5.69 Å². The first-order chi connectivity index (χ1) is 15.6. The Hall–Kier alpha value is -3.49. The van der Waals surface area contributed by atoms with E-state index in [1.807, 2.05) is 48.7 Å². The van der Waals surface area contributed by atoms with E-state index in [0.717, 1.165) is 27.1 Å². The summed E-state index contributed by atoms with van der Waals surface area (Å²) >= 11 is 7.60. The highest BCUT2D eigenvalue weighted by atomic mass is 35.5. The first-order valence-electron chi connectivity index (χ1n) is 9.99. The van der Waals surface area contributed by atoms with Gasteiger partial charge < -0.3 is 5.32 Å². The number of hydrogen-bond donors (Lipinski definition) is 1. The van der Waals surface area contributed by atoms with Crippen molar-refractivity contribution in [2.75, 3.05) is 5.32 Å². The summed E-state index contributed by atoms with van der Waals surface area (Å²) in [5, 5.41) is 15.5. The number of aryl methyl sites for hydroxylation is 1. The molecule has 1 amide bonds. The molecule has 9 heteroatoms. The number of carbonyl (C=O) groups excluding carboxylic acids is 1. The molecule has 0 unspecified atom stereocenters. The van der Waals surface area contributed by atoms with Gasteiger partial charge in [0, 0.05) is 27.9 Å². The Balaban J connectivity index is 1.31. The second kappa shape index (κ2) is 8.57. The Morgan fingerprint density at radius 3 is 2.81 bits per heavy atom. The SMILES string of the molecule is Cc1nn(CC(=O)Nc2cnn(Cc3ccc(Cl)cc3)c2)c2nccc(-c3cccs3)c12. The van der Waals surface area contributed by atoms with Gasteiger partial charge in [-0.05, 0) is 42.1 Å². The van der Waals surface area contributed by atoms with Crippen molar-refractivity contribution in [1.29, 1.82) is 0 Å². The molecule has 1 aromatic carbocycles. The van der Waals surface area contributed by atoms with Gasteiger partial charge in [0.25, 0.3) is 0 Å². The molecule has 160 valence electrons. The van der Waals surface area contributed by atoms with E-state index in [1.54, 1.807) is 39.3 Å². The van der Waals surface area contributed by atoms with Crippen LogP contribution < -0.4 is 5.32 Å². The molecule has 4 aromatic heterocycles. The molecule has 5 aromatic rings. The lowest BCUT2D eigenvalue weighted by molar-refractivity contribution is -0.116. The van der Waals surface area contributed by atoms with Gasteiger partial charge in [-0.15, -0.1) is 11.3 Å². The zero-order valence-corrected chi connectivity index (χ0v) is 18.8. The molecule has 0 saturated heterocycles. The minimum absolute atomic E-state index is 0.0631. The third kappa shape index (κ3) is 4.15. The van der Waals surface area contributed by atoms with Crippen LogP contribution in [0.15, 0.2) is 66.4 Å². The summed E-state index contributed by atoms with van der Waals surface area (Å²) in [5.41, 5.74) is 4.32. The molecule has 32 heavy (non-hydrogen) atoms. The number of carbonyl (C=O) groups is 1.